The summed E-state index contributed by atoms with van der Waals surface area (Å²) >= 11 is 0. The van der Waals surface area contributed by atoms with Crippen molar-refractivity contribution in [2.75, 3.05) is 7.11 Å². The molecular formula is C18H16O2. The molecule has 0 amide bonds. The first-order valence-corrected chi connectivity index (χ1v) is 6.73. The highest BCUT2D eigenvalue weighted by molar-refractivity contribution is 6.07. The van der Waals surface area contributed by atoms with Crippen molar-refractivity contribution in [3.8, 4) is 0 Å². The Morgan fingerprint density at radius 3 is 2.05 bits per heavy atom. The van der Waals surface area contributed by atoms with Crippen LogP contribution in [0.3, 0.4) is 0 Å². The first-order chi connectivity index (χ1) is 9.81. The average molecular weight is 264 g/mol. The predicted octanol–water partition coefficient (Wildman–Crippen LogP) is 3.79. The van der Waals surface area contributed by atoms with Crippen molar-refractivity contribution in [3.63, 3.8) is 0 Å². The van der Waals surface area contributed by atoms with Crippen molar-refractivity contribution < 1.29 is 9.53 Å². The molecule has 1 aliphatic carbocycles. The summed E-state index contributed by atoms with van der Waals surface area (Å²) in [7, 11) is 1.45. The van der Waals surface area contributed by atoms with E-state index in [2.05, 4.69) is 12.1 Å². The molecule has 2 nitrogen and oxygen atoms in total. The molecule has 1 unspecified atom stereocenters. The molecule has 0 saturated heterocycles. The third-order valence-electron chi connectivity index (χ3n) is 3.77. The Balaban J connectivity index is 2.07. The van der Waals surface area contributed by atoms with Crippen LogP contribution in [0, 0.1) is 5.92 Å². The summed E-state index contributed by atoms with van der Waals surface area (Å²) in [5.41, 5.74) is 4.63. The van der Waals surface area contributed by atoms with E-state index in [0.717, 1.165) is 17.6 Å². The maximum Gasteiger partial charge on any atom is 0.313 e. The van der Waals surface area contributed by atoms with Crippen LogP contribution in [0.1, 0.15) is 17.5 Å². The normalized spacial score (nSPS) is 17.6. The summed E-state index contributed by atoms with van der Waals surface area (Å²) in [6.45, 7) is 0. The maximum atomic E-state index is 11.9. The van der Waals surface area contributed by atoms with E-state index in [1.807, 2.05) is 48.5 Å². The third kappa shape index (κ3) is 2.14. The van der Waals surface area contributed by atoms with Gasteiger partial charge in [-0.05, 0) is 28.7 Å². The van der Waals surface area contributed by atoms with Crippen LogP contribution < -0.4 is 0 Å². The van der Waals surface area contributed by atoms with E-state index in [1.165, 1.54) is 18.2 Å². The lowest BCUT2D eigenvalue weighted by molar-refractivity contribution is -0.143. The van der Waals surface area contributed by atoms with Crippen molar-refractivity contribution in [2.24, 2.45) is 5.92 Å². The molecule has 2 aromatic rings. The lowest BCUT2D eigenvalue weighted by Gasteiger charge is -2.32. The Kier molecular flexibility index (Phi) is 3.38. The first kappa shape index (κ1) is 12.7. The Labute approximate surface area is 118 Å². The summed E-state index contributed by atoms with van der Waals surface area (Å²) in [5.74, 6) is -0.291. The second-order valence-corrected chi connectivity index (χ2v) is 4.90. The molecule has 0 aromatic heterocycles. The van der Waals surface area contributed by atoms with Crippen LogP contribution in [0.25, 0.3) is 11.1 Å². The molecule has 20 heavy (non-hydrogen) atoms. The number of hydrogen-bond acceptors (Lipinski definition) is 2. The van der Waals surface area contributed by atoms with Crippen LogP contribution in [-0.4, -0.2) is 13.1 Å². The zero-order chi connectivity index (χ0) is 13.9. The van der Waals surface area contributed by atoms with Crippen LogP contribution >= 0.6 is 0 Å². The van der Waals surface area contributed by atoms with Gasteiger partial charge in [0.25, 0.3) is 0 Å². The van der Waals surface area contributed by atoms with E-state index in [9.17, 15) is 4.79 Å². The molecule has 1 atom stereocenters. The fourth-order valence-electron chi connectivity index (χ4n) is 2.74. The molecule has 0 radical (unpaired) electrons. The van der Waals surface area contributed by atoms with Crippen LogP contribution in [0.15, 0.2) is 60.7 Å². The molecule has 2 aromatic carbocycles. The van der Waals surface area contributed by atoms with Crippen molar-refractivity contribution in [3.05, 3.63) is 71.8 Å². The molecular weight excluding hydrogens is 248 g/mol. The number of rotatable bonds is 3. The van der Waals surface area contributed by atoms with Gasteiger partial charge in [0, 0.05) is 0 Å². The van der Waals surface area contributed by atoms with Gasteiger partial charge in [-0.3, -0.25) is 4.79 Å². The van der Waals surface area contributed by atoms with Gasteiger partial charge in [-0.2, -0.15) is 0 Å². The van der Waals surface area contributed by atoms with Crippen LogP contribution in [-0.2, 0) is 9.53 Å². The first-order valence-electron chi connectivity index (χ1n) is 6.73. The number of esters is 1. The fraction of sp³-hybridized carbons (Fsp3) is 0.167. The number of benzene rings is 2. The zero-order valence-electron chi connectivity index (χ0n) is 11.4. The molecule has 0 spiro atoms. The summed E-state index contributed by atoms with van der Waals surface area (Å²) < 4.78 is 4.92. The fourth-order valence-corrected chi connectivity index (χ4v) is 2.74. The van der Waals surface area contributed by atoms with Gasteiger partial charge in [-0.25, -0.2) is 0 Å². The Morgan fingerprint density at radius 2 is 1.50 bits per heavy atom. The van der Waals surface area contributed by atoms with Crippen molar-refractivity contribution in [1.82, 2.24) is 0 Å². The number of allylic oxidation sites excluding steroid dienone is 1. The minimum absolute atomic E-state index is 0.141. The molecule has 0 N–H and O–H groups in total. The number of hydrogen-bond donors (Lipinski definition) is 0. The quantitative estimate of drug-likeness (QED) is 0.788. The highest BCUT2D eigenvalue weighted by atomic mass is 16.5. The summed E-state index contributed by atoms with van der Waals surface area (Å²) in [6, 6.07) is 20.3. The van der Waals surface area contributed by atoms with E-state index >= 15 is 0 Å². The van der Waals surface area contributed by atoms with Crippen molar-refractivity contribution in [2.45, 2.75) is 6.42 Å². The van der Waals surface area contributed by atoms with E-state index in [-0.39, 0.29) is 11.9 Å². The van der Waals surface area contributed by atoms with E-state index < -0.39 is 0 Å². The van der Waals surface area contributed by atoms with Gasteiger partial charge in [0.15, 0.2) is 0 Å². The smallest absolute Gasteiger partial charge is 0.313 e. The largest absolute Gasteiger partial charge is 0.469 e. The Bertz CT molecular complexity index is 642. The van der Waals surface area contributed by atoms with Gasteiger partial charge in [0.1, 0.15) is 0 Å². The standard InChI is InChI=1S/C18H16O2/c1-20-18(19)16-12-15(13-8-4-2-5-9-13)17(16)14-10-6-3-7-11-14/h2-11,16H,12H2,1H3. The Hall–Kier alpha value is -2.35. The maximum absolute atomic E-state index is 11.9. The second-order valence-electron chi connectivity index (χ2n) is 4.90. The van der Waals surface area contributed by atoms with Gasteiger partial charge in [-0.1, -0.05) is 60.7 Å². The minimum Gasteiger partial charge on any atom is -0.469 e. The molecule has 0 bridgehead atoms. The number of methoxy groups -OCH3 is 1. The zero-order valence-corrected chi connectivity index (χ0v) is 11.4. The van der Waals surface area contributed by atoms with Gasteiger partial charge in [0.2, 0.25) is 0 Å². The summed E-state index contributed by atoms with van der Waals surface area (Å²) in [5, 5.41) is 0. The van der Waals surface area contributed by atoms with Gasteiger partial charge >= 0.3 is 5.97 Å². The number of carbonyl (C=O) groups is 1. The highest BCUT2D eigenvalue weighted by Crippen LogP contribution is 2.47. The summed E-state index contributed by atoms with van der Waals surface area (Å²) in [4.78, 5) is 11.9. The molecule has 100 valence electrons. The molecule has 2 heteroatoms. The SMILES string of the molecule is COC(=O)C1CC(c2ccccc2)=C1c1ccccc1. The monoisotopic (exact) mass is 264 g/mol. The molecule has 0 heterocycles. The third-order valence-corrected chi connectivity index (χ3v) is 3.77. The van der Waals surface area contributed by atoms with Gasteiger partial charge in [-0.15, -0.1) is 0 Å². The van der Waals surface area contributed by atoms with E-state index in [0.29, 0.717) is 0 Å². The lowest BCUT2D eigenvalue weighted by Crippen LogP contribution is -2.26. The lowest BCUT2D eigenvalue weighted by atomic mass is 9.71. The van der Waals surface area contributed by atoms with Crippen molar-refractivity contribution in [1.29, 1.82) is 0 Å². The molecule has 0 aliphatic heterocycles. The van der Waals surface area contributed by atoms with Crippen LogP contribution in [0.2, 0.25) is 0 Å². The Morgan fingerprint density at radius 1 is 0.950 bits per heavy atom. The topological polar surface area (TPSA) is 26.3 Å². The minimum atomic E-state index is -0.150. The molecule has 0 fully saturated rings. The van der Waals surface area contributed by atoms with E-state index in [1.54, 1.807) is 0 Å². The van der Waals surface area contributed by atoms with Crippen molar-refractivity contribution >= 4 is 17.1 Å². The predicted molar refractivity (Wildman–Crippen MR) is 79.8 cm³/mol. The van der Waals surface area contributed by atoms with Gasteiger partial charge < -0.3 is 4.74 Å². The van der Waals surface area contributed by atoms with Crippen LogP contribution in [0.4, 0.5) is 0 Å². The molecule has 1 aliphatic rings. The second kappa shape index (κ2) is 5.33. The van der Waals surface area contributed by atoms with Gasteiger partial charge in [0.05, 0.1) is 13.0 Å². The molecule has 0 saturated carbocycles. The number of ether oxygens (including phenoxy) is 1. The summed E-state index contributed by atoms with van der Waals surface area (Å²) in [6.07, 6.45) is 0.751. The number of carbonyl (C=O) groups excluding carboxylic acids is 1. The average Bonchev–Trinajstić information content (AvgIpc) is 2.48. The molecule has 3 rings (SSSR count). The van der Waals surface area contributed by atoms with E-state index in [4.69, 9.17) is 4.74 Å². The highest BCUT2D eigenvalue weighted by Gasteiger charge is 2.37. The van der Waals surface area contributed by atoms with Crippen LogP contribution in [0.5, 0.6) is 0 Å².